The largest absolute Gasteiger partial charge is 0.456 e. The third-order valence-electron chi connectivity index (χ3n) is 17.7. The number of fused-ring (bicyclic) bond motifs is 12. The maximum Gasteiger partial charge on any atom is 0.314 e. The fourth-order valence-electron chi connectivity index (χ4n) is 13.6. The molecular weight excluding hydrogens is 1630 g/mol. The third-order valence-corrected chi connectivity index (χ3v) is 17.7. The number of carbonyl (C=O) groups excluding carboxylic acids is 18. The topological polar surface area (TPSA) is 662 Å². The van der Waals surface area contributed by atoms with Crippen LogP contribution in [-0.2, 0) is 186 Å². The molecule has 0 aromatic rings. The van der Waals surface area contributed by atoms with E-state index in [-0.39, 0.29) is 0 Å². The molecule has 0 aromatic carbocycles. The molecule has 7 heterocycles. The van der Waals surface area contributed by atoms with Crippen LogP contribution in [0.2, 0.25) is 0 Å². The van der Waals surface area contributed by atoms with E-state index in [4.69, 9.17) is 114 Å². The number of carbonyl (C=O) groups is 18. The Balaban J connectivity index is 1.40. The van der Waals surface area contributed by atoms with Gasteiger partial charge < -0.3 is 161 Å². The average molecular weight is 1730 g/mol. The van der Waals surface area contributed by atoms with Crippen molar-refractivity contribution >= 4 is 108 Å². The fourth-order valence-corrected chi connectivity index (χ4v) is 13.6. The molecule has 51 nitrogen and oxygen atoms in total. The second-order valence-electron chi connectivity index (χ2n) is 27.5. The minimum Gasteiger partial charge on any atom is -0.456 e. The van der Waals surface area contributed by atoms with Gasteiger partial charge in [0.15, 0.2) is 97.8 Å². The molecule has 51 heteroatoms. The van der Waals surface area contributed by atoms with Crippen LogP contribution in [0.3, 0.4) is 0 Å². The Labute approximate surface area is 680 Å². The second-order valence-corrected chi connectivity index (χ2v) is 27.5. The normalized spacial score (nSPS) is 35.7. The molecule has 12 bridgehead atoms. The molecule has 9 N–H and O–H groups in total. The molecule has 30 atom stereocenters. The van der Waals surface area contributed by atoms with Crippen LogP contribution in [0, 0.1) is 0 Å². The Bertz CT molecular complexity index is 3740. The van der Waals surface area contributed by atoms with Crippen molar-refractivity contribution in [3.63, 3.8) is 0 Å². The highest BCUT2D eigenvalue weighted by Gasteiger charge is 2.62. The maximum atomic E-state index is 14.4. The number of urea groups is 3. The highest BCUT2D eigenvalue weighted by atomic mass is 16.8. The molecule has 0 aliphatic carbocycles. The molecule has 6 amide bonds. The molecule has 0 unspecified atom stereocenters. The summed E-state index contributed by atoms with van der Waals surface area (Å²) in [5.41, 5.74) is 0. The summed E-state index contributed by atoms with van der Waals surface area (Å²) in [6.07, 6.45) is -62.0. The predicted octanol–water partition coefficient (Wildman–Crippen LogP) is -6.65. The van der Waals surface area contributed by atoms with Gasteiger partial charge in [0, 0.05) is 143 Å². The van der Waals surface area contributed by atoms with E-state index in [1.54, 1.807) is 0 Å². The van der Waals surface area contributed by atoms with Gasteiger partial charge in [-0.05, 0) is 0 Å². The molecule has 672 valence electrons. The van der Waals surface area contributed by atoms with Crippen molar-refractivity contribution in [2.24, 2.45) is 0 Å². The number of nitrogens with one attached hydrogen (secondary N) is 6. The van der Waals surface area contributed by atoms with E-state index in [2.05, 4.69) is 31.9 Å². The summed E-state index contributed by atoms with van der Waals surface area (Å²) in [7, 11) is 0. The van der Waals surface area contributed by atoms with Crippen molar-refractivity contribution < 1.29 is 215 Å². The Morgan fingerprint density at radius 3 is 0.517 bits per heavy atom. The van der Waals surface area contributed by atoms with Crippen LogP contribution >= 0.6 is 0 Å². The summed E-state index contributed by atoms with van der Waals surface area (Å²) in [5.74, 6) is -17.3. The fraction of sp³-hybridized carbons (Fsp3) is 0.739. The first-order valence-electron chi connectivity index (χ1n) is 36.9. The summed E-state index contributed by atoms with van der Waals surface area (Å²) >= 11 is 0. The van der Waals surface area contributed by atoms with Gasteiger partial charge in [-0.2, -0.15) is 0 Å². The lowest BCUT2D eigenvalue weighted by Gasteiger charge is -2.48. The zero-order valence-electron chi connectivity index (χ0n) is 67.1. The van der Waals surface area contributed by atoms with Crippen LogP contribution in [0.5, 0.6) is 0 Å². The van der Waals surface area contributed by atoms with Crippen LogP contribution in [-0.4, -0.2) is 346 Å². The van der Waals surface area contributed by atoms with Crippen molar-refractivity contribution in [2.75, 3.05) is 39.3 Å². The Morgan fingerprint density at radius 1 is 0.200 bits per heavy atom. The van der Waals surface area contributed by atoms with E-state index in [1.165, 1.54) is 0 Å². The van der Waals surface area contributed by atoms with E-state index in [1.807, 2.05) is 0 Å². The van der Waals surface area contributed by atoms with Gasteiger partial charge >= 0.3 is 108 Å². The predicted molar refractivity (Wildman–Crippen MR) is 371 cm³/mol. The zero-order valence-corrected chi connectivity index (χ0v) is 67.1. The lowest BCUT2D eigenvalue weighted by Crippen LogP contribution is -2.68. The van der Waals surface area contributed by atoms with Crippen molar-refractivity contribution in [2.45, 2.75) is 288 Å². The van der Waals surface area contributed by atoms with E-state index >= 15 is 0 Å². The Morgan fingerprint density at radius 2 is 0.342 bits per heavy atom. The molecule has 0 aromatic heterocycles. The minimum absolute atomic E-state index is 0.852. The lowest BCUT2D eigenvalue weighted by atomic mass is 9.96. The standard InChI is InChI=1S/C69H96N6O45/c1-22(76)97-46-38-17-72-68(95)73-19-40-48(99-24(3)78)53(104-29(8)83)59(110-35(14)89)65(115-40)120-66-60(111-36(15)90)55(106-31(10)85)50(101-26(5)80)42(117-66)21-75-69(96)74-20-41-49(100-25(4)79)54(105-30(9)84)58(109-34(13)88)64(116-41)119-63-57(108-33(12)87)52(103-28(7)82)47(98-23(2)77)39(114-63)18-71-67(94)70-16-37-43(91)44(92)45(93)61(112-37)118-62(113-38)56(107-32(11)86)51(46)102-27(6)81/h37-66,91-93H,16-21H2,1-15H3,(H2,70,71,94)(H2,72,73,95)(H2,74,75,96)/t37-,38-,39-,40-,41-,42-,43-,44+,45-,46-,47-,48-,49-,50-,51+,52+,53+,54+,55+,56-,57-,58-,59-,60-,61-,62-,63-,64-,65-,66-/m1/s1. The number of amides is 6. The molecule has 7 saturated heterocycles. The molecule has 7 aliphatic heterocycles. The quantitative estimate of drug-likeness (QED) is 0.0544. The summed E-state index contributed by atoms with van der Waals surface area (Å²) in [5, 5.41) is 48.5. The number of hydrogen-bond acceptors (Lipinski definition) is 45. The maximum absolute atomic E-state index is 14.4. The Kier molecular flexibility index (Phi) is 35.0. The van der Waals surface area contributed by atoms with Gasteiger partial charge in [-0.3, -0.25) is 71.9 Å². The highest BCUT2D eigenvalue weighted by molar-refractivity contribution is 5.76. The third kappa shape index (κ3) is 27.2. The van der Waals surface area contributed by atoms with E-state index < -0.39 is 331 Å². The molecule has 120 heavy (non-hydrogen) atoms. The first-order valence-corrected chi connectivity index (χ1v) is 36.9. The summed E-state index contributed by atoms with van der Waals surface area (Å²) in [6, 6.07) is -3.79. The van der Waals surface area contributed by atoms with Gasteiger partial charge in [0.1, 0.15) is 54.9 Å². The van der Waals surface area contributed by atoms with Crippen molar-refractivity contribution in [1.29, 1.82) is 0 Å². The van der Waals surface area contributed by atoms with Gasteiger partial charge in [-0.15, -0.1) is 0 Å². The van der Waals surface area contributed by atoms with Crippen LogP contribution in [0.15, 0.2) is 0 Å². The molecule has 7 rings (SSSR count). The smallest absolute Gasteiger partial charge is 0.314 e. The first kappa shape index (κ1) is 96.5. The van der Waals surface area contributed by atoms with Gasteiger partial charge in [-0.25, -0.2) is 14.4 Å². The lowest BCUT2D eigenvalue weighted by molar-refractivity contribution is -0.373. The summed E-state index contributed by atoms with van der Waals surface area (Å²) in [4.78, 5) is 239. The number of hydrogen-bond donors (Lipinski definition) is 9. The SMILES string of the molecule is CC(=O)O[C@@H]1[C@@H](OC(C)=O)[C@H]2O[C@H]3O[C@H](CNC(=O)NC[C@H]4O[C@H](O[C@H]5O[C@H](CNC(=O)NC[C@H]6O[C@H](O[C@H]7O[C@H](CNC(=O)NC[C@@H](O2)[C@H]1OC(C)=O)[C@@H](OC(C)=O)[C@H](OC(C)=O)[C@H]7OC(C)=O)[C@H](OC(C)=O)[C@@H](OC(C)=O)[C@@H]6OC(C)=O)[C@@H](OC(C)=O)[C@H](OC(C)=O)[C@H]5OC(C)=O)[C@H](OC(C)=O)[C@@H](OC(C)=O)[C@@H]4OC(C)=O)[C@@H](O)[C@H](O)[C@H]3O. The molecular formula is C69H96N6O45. The highest BCUT2D eigenvalue weighted by Crippen LogP contribution is 2.39. The van der Waals surface area contributed by atoms with Crippen LogP contribution in [0.1, 0.15) is 104 Å². The second kappa shape index (κ2) is 43.6. The monoisotopic (exact) mass is 1730 g/mol. The van der Waals surface area contributed by atoms with Gasteiger partial charge in [0.2, 0.25) is 31.5 Å². The molecule has 7 fully saturated rings. The number of aliphatic hydroxyl groups excluding tert-OH is 3. The zero-order chi connectivity index (χ0) is 89.2. The van der Waals surface area contributed by atoms with Crippen LogP contribution in [0.4, 0.5) is 14.4 Å². The molecule has 7 aliphatic rings. The number of ether oxygens (including phenoxy) is 24. The molecule has 0 spiro atoms. The summed E-state index contributed by atoms with van der Waals surface area (Å²) in [6.45, 7) is 7.63. The number of esters is 15. The number of aliphatic hydroxyl groups is 3. The first-order chi connectivity index (χ1) is 56.3. The van der Waals surface area contributed by atoms with Crippen molar-refractivity contribution in [3.8, 4) is 0 Å². The van der Waals surface area contributed by atoms with Crippen LogP contribution < -0.4 is 31.9 Å². The van der Waals surface area contributed by atoms with Crippen molar-refractivity contribution in [1.82, 2.24) is 31.9 Å². The van der Waals surface area contributed by atoms with E-state index in [9.17, 15) is 102 Å². The van der Waals surface area contributed by atoms with Gasteiger partial charge in [0.05, 0.1) is 0 Å². The average Bonchev–Trinajstić information content (AvgIpc) is 0.776. The van der Waals surface area contributed by atoms with E-state index in [0.29, 0.717) is 0 Å². The molecule has 0 saturated carbocycles. The summed E-state index contributed by atoms with van der Waals surface area (Å²) < 4.78 is 140. The Hall–Kier alpha value is -10.6. The molecule has 0 radical (unpaired) electrons. The van der Waals surface area contributed by atoms with E-state index in [0.717, 1.165) is 104 Å². The van der Waals surface area contributed by atoms with Crippen molar-refractivity contribution in [3.05, 3.63) is 0 Å². The minimum atomic E-state index is -2.32. The van der Waals surface area contributed by atoms with Gasteiger partial charge in [-0.1, -0.05) is 0 Å². The van der Waals surface area contributed by atoms with Crippen LogP contribution in [0.25, 0.3) is 0 Å². The van der Waals surface area contributed by atoms with Gasteiger partial charge in [0.25, 0.3) is 0 Å². The number of rotatable bonds is 15.